The van der Waals surface area contributed by atoms with Crippen molar-refractivity contribution in [3.8, 4) is 22.9 Å². The molecule has 0 atom stereocenters. The normalized spacial score (nSPS) is 14.1. The molecule has 1 aliphatic heterocycles. The van der Waals surface area contributed by atoms with Gasteiger partial charge in [0.2, 0.25) is 17.5 Å². The lowest BCUT2D eigenvalue weighted by atomic mass is 9.97. The van der Waals surface area contributed by atoms with Gasteiger partial charge in [-0.25, -0.2) is 9.97 Å². The summed E-state index contributed by atoms with van der Waals surface area (Å²) in [7, 11) is 0. The van der Waals surface area contributed by atoms with Crippen LogP contribution in [0.1, 0.15) is 32.4 Å². The smallest absolute Gasteiger partial charge is 0.234 e. The summed E-state index contributed by atoms with van der Waals surface area (Å²) in [6.07, 6.45) is 3.75. The van der Waals surface area contributed by atoms with Crippen molar-refractivity contribution in [2.24, 2.45) is 0 Å². The highest BCUT2D eigenvalue weighted by Gasteiger charge is 2.30. The first kappa shape index (κ1) is 25.0. The quantitative estimate of drug-likeness (QED) is 0.269. The lowest BCUT2D eigenvalue weighted by Crippen LogP contribution is -2.47. The van der Waals surface area contributed by atoms with E-state index in [-0.39, 0.29) is 5.41 Å². The molecular weight excluding hydrogens is 510 g/mol. The van der Waals surface area contributed by atoms with E-state index in [0.29, 0.717) is 48.7 Å². The number of rotatable bonds is 4. The summed E-state index contributed by atoms with van der Waals surface area (Å²) in [5.41, 5.74) is 4.04. The molecule has 6 rings (SSSR count). The first-order valence-electron chi connectivity index (χ1n) is 12.9. The highest BCUT2D eigenvalue weighted by Crippen LogP contribution is 2.38. The van der Waals surface area contributed by atoms with Gasteiger partial charge in [0.05, 0.1) is 5.39 Å². The monoisotopic (exact) mass is 537 g/mol. The van der Waals surface area contributed by atoms with Gasteiger partial charge in [0.15, 0.2) is 5.65 Å². The predicted octanol–water partition coefficient (Wildman–Crippen LogP) is 6.22. The molecule has 3 aromatic heterocycles. The number of nitriles is 1. The molecule has 8 nitrogen and oxygen atoms in total. The zero-order chi connectivity index (χ0) is 27.1. The van der Waals surface area contributed by atoms with E-state index in [4.69, 9.17) is 26.0 Å². The number of benzene rings is 2. The van der Waals surface area contributed by atoms with E-state index in [9.17, 15) is 5.26 Å². The zero-order valence-electron chi connectivity index (χ0n) is 22.1. The molecule has 1 aliphatic rings. The Kier molecular flexibility index (Phi) is 6.24. The first-order chi connectivity index (χ1) is 18.8. The number of aromatic nitrogens is 4. The fourth-order valence-electron chi connectivity index (χ4n) is 4.96. The Hall–Kier alpha value is -4.35. The molecule has 2 aromatic carbocycles. The predicted molar refractivity (Wildman–Crippen MR) is 154 cm³/mol. The molecular formula is C30H28ClN7O. The number of nitrogens with zero attached hydrogens (tertiary/aromatic N) is 7. The van der Waals surface area contributed by atoms with Crippen LogP contribution in [-0.2, 0) is 5.41 Å². The van der Waals surface area contributed by atoms with Gasteiger partial charge in [0.25, 0.3) is 0 Å². The van der Waals surface area contributed by atoms with Gasteiger partial charge in [-0.15, -0.1) is 0 Å². The molecule has 1 saturated heterocycles. The molecule has 0 bridgehead atoms. The van der Waals surface area contributed by atoms with Gasteiger partial charge in [0, 0.05) is 54.1 Å². The van der Waals surface area contributed by atoms with Crippen molar-refractivity contribution in [3.63, 3.8) is 0 Å². The second-order valence-corrected chi connectivity index (χ2v) is 11.1. The number of oxazole rings is 1. The maximum absolute atomic E-state index is 9.69. The molecule has 0 spiro atoms. The number of fused-ring (bicyclic) bond motifs is 1. The number of halogens is 1. The van der Waals surface area contributed by atoms with E-state index in [1.165, 1.54) is 0 Å². The van der Waals surface area contributed by atoms with Crippen LogP contribution in [0.2, 0.25) is 5.02 Å². The summed E-state index contributed by atoms with van der Waals surface area (Å²) in [5.74, 6) is 2.01. The fourth-order valence-corrected chi connectivity index (χ4v) is 5.09. The molecule has 196 valence electrons. The highest BCUT2D eigenvalue weighted by molar-refractivity contribution is 6.30. The van der Waals surface area contributed by atoms with E-state index in [1.807, 2.05) is 63.2 Å². The molecule has 5 aromatic rings. The average Bonchev–Trinajstić information content (AvgIpc) is 3.57. The van der Waals surface area contributed by atoms with Crippen molar-refractivity contribution < 1.29 is 4.42 Å². The number of hydrogen-bond acceptors (Lipinski definition) is 7. The molecule has 1 fully saturated rings. The molecule has 9 heteroatoms. The molecule has 0 saturated carbocycles. The van der Waals surface area contributed by atoms with Crippen molar-refractivity contribution in [3.05, 3.63) is 83.7 Å². The third-order valence-electron chi connectivity index (χ3n) is 6.98. The van der Waals surface area contributed by atoms with Crippen LogP contribution >= 0.6 is 11.6 Å². The van der Waals surface area contributed by atoms with Crippen molar-refractivity contribution in [2.75, 3.05) is 36.0 Å². The van der Waals surface area contributed by atoms with Crippen LogP contribution < -0.4 is 9.80 Å². The van der Waals surface area contributed by atoms with Gasteiger partial charge in [-0.05, 0) is 29.8 Å². The van der Waals surface area contributed by atoms with Crippen molar-refractivity contribution in [1.29, 1.82) is 5.26 Å². The third kappa shape index (κ3) is 4.59. The Morgan fingerprint density at radius 2 is 1.62 bits per heavy atom. The SMILES string of the molecule is CC(C)(C)c1nc(C#N)c(N2CCN(c3ncnc4c3c(-c3ccccc3)cn4-c3ccc(Cl)cc3)CC2)o1. The number of piperazine rings is 1. The van der Waals surface area contributed by atoms with Gasteiger partial charge in [-0.3, -0.25) is 0 Å². The topological polar surface area (TPSA) is 87.0 Å². The molecule has 0 amide bonds. The Morgan fingerprint density at radius 3 is 2.28 bits per heavy atom. The number of hydrogen-bond donors (Lipinski definition) is 0. The Balaban J connectivity index is 1.38. The minimum absolute atomic E-state index is 0.274. The van der Waals surface area contributed by atoms with Crippen molar-refractivity contribution in [1.82, 2.24) is 19.5 Å². The Bertz CT molecular complexity index is 1670. The lowest BCUT2D eigenvalue weighted by molar-refractivity contribution is 0.389. The van der Waals surface area contributed by atoms with Gasteiger partial charge in [0.1, 0.15) is 18.2 Å². The molecule has 0 aliphatic carbocycles. The summed E-state index contributed by atoms with van der Waals surface area (Å²) in [6, 6.07) is 20.3. The van der Waals surface area contributed by atoms with Gasteiger partial charge in [-0.2, -0.15) is 10.2 Å². The van der Waals surface area contributed by atoms with Crippen LogP contribution in [0.25, 0.3) is 27.8 Å². The van der Waals surface area contributed by atoms with Crippen LogP contribution in [0, 0.1) is 11.3 Å². The van der Waals surface area contributed by atoms with E-state index in [2.05, 4.69) is 43.7 Å². The minimum atomic E-state index is -0.274. The third-order valence-corrected chi connectivity index (χ3v) is 7.23. The largest absolute Gasteiger partial charge is 0.423 e. The van der Waals surface area contributed by atoms with Gasteiger partial charge >= 0.3 is 0 Å². The standard InChI is InChI=1S/C30H28ClN7O/c1-30(2,3)29-35-24(17-32)28(39-29)37-15-13-36(14-16-37)26-25-23(20-7-5-4-6-8-20)18-38(27(25)34-19-33-26)22-11-9-21(31)10-12-22/h4-12,18-19H,13-16H2,1-3H3. The molecule has 4 heterocycles. The van der Waals surface area contributed by atoms with E-state index in [0.717, 1.165) is 33.7 Å². The highest BCUT2D eigenvalue weighted by atomic mass is 35.5. The van der Waals surface area contributed by atoms with E-state index < -0.39 is 0 Å². The van der Waals surface area contributed by atoms with Crippen LogP contribution in [0.4, 0.5) is 11.7 Å². The molecule has 39 heavy (non-hydrogen) atoms. The second kappa shape index (κ2) is 9.75. The molecule has 0 radical (unpaired) electrons. The summed E-state index contributed by atoms with van der Waals surface area (Å²) >= 11 is 6.17. The second-order valence-electron chi connectivity index (χ2n) is 10.7. The molecule has 0 unspecified atom stereocenters. The van der Waals surface area contributed by atoms with Gasteiger partial charge < -0.3 is 18.8 Å². The molecule has 0 N–H and O–H groups in total. The summed E-state index contributed by atoms with van der Waals surface area (Å²) in [5, 5.41) is 11.4. The fraction of sp³-hybridized carbons (Fsp3) is 0.267. The minimum Gasteiger partial charge on any atom is -0.423 e. The summed E-state index contributed by atoms with van der Waals surface area (Å²) in [4.78, 5) is 18.3. The van der Waals surface area contributed by atoms with Crippen molar-refractivity contribution >= 4 is 34.3 Å². The maximum Gasteiger partial charge on any atom is 0.234 e. The zero-order valence-corrected chi connectivity index (χ0v) is 22.9. The Morgan fingerprint density at radius 1 is 0.923 bits per heavy atom. The van der Waals surface area contributed by atoms with Gasteiger partial charge in [-0.1, -0.05) is 62.7 Å². The maximum atomic E-state index is 9.69. The van der Waals surface area contributed by atoms with E-state index in [1.54, 1.807) is 6.33 Å². The Labute approximate surface area is 232 Å². The summed E-state index contributed by atoms with van der Waals surface area (Å²) < 4.78 is 8.19. The van der Waals surface area contributed by atoms with Crippen LogP contribution in [0.15, 0.2) is 71.5 Å². The van der Waals surface area contributed by atoms with Crippen LogP contribution in [0.3, 0.4) is 0 Å². The summed E-state index contributed by atoms with van der Waals surface area (Å²) in [6.45, 7) is 8.87. The van der Waals surface area contributed by atoms with E-state index >= 15 is 0 Å². The first-order valence-corrected chi connectivity index (χ1v) is 13.3. The number of anilines is 2. The lowest BCUT2D eigenvalue weighted by Gasteiger charge is -2.35. The van der Waals surface area contributed by atoms with Crippen molar-refractivity contribution in [2.45, 2.75) is 26.2 Å². The average molecular weight is 538 g/mol. The van der Waals surface area contributed by atoms with Crippen LogP contribution in [-0.4, -0.2) is 45.7 Å². The van der Waals surface area contributed by atoms with Crippen LogP contribution in [0.5, 0.6) is 0 Å².